The molecule has 2 aromatic rings. The number of carbonyl (C=O) groups is 3. The van der Waals surface area contributed by atoms with Crippen LogP contribution in [-0.2, 0) is 19.1 Å². The molecule has 0 aromatic heterocycles. The van der Waals surface area contributed by atoms with Gasteiger partial charge in [0, 0.05) is 40.9 Å². The Hall–Kier alpha value is -3.27. The summed E-state index contributed by atoms with van der Waals surface area (Å²) in [7, 11) is 0. The largest absolute Gasteiger partial charge is 0.455 e. The van der Waals surface area contributed by atoms with Gasteiger partial charge in [-0.15, -0.1) is 0 Å². The molecule has 1 N–H and O–H groups in total. The fraction of sp³-hybridized carbons (Fsp3) is 0.211. The Kier molecular flexibility index (Phi) is 6.23. The molecular weight excluding hydrogens is 446 g/mol. The fourth-order valence-corrected chi connectivity index (χ4v) is 3.15. The van der Waals surface area contributed by atoms with Crippen molar-refractivity contribution in [3.63, 3.8) is 0 Å². The average molecular weight is 462 g/mol. The van der Waals surface area contributed by atoms with Crippen molar-refractivity contribution < 1.29 is 24.0 Å². The average Bonchev–Trinajstić information content (AvgIpc) is 3.08. The van der Waals surface area contributed by atoms with Gasteiger partial charge < -0.3 is 15.0 Å². The number of nitro benzene ring substituents is 1. The number of benzene rings is 2. The first-order valence-electron chi connectivity index (χ1n) is 8.60. The first kappa shape index (κ1) is 20.5. The molecule has 1 saturated heterocycles. The number of halogens is 1. The van der Waals surface area contributed by atoms with Crippen molar-refractivity contribution in [2.45, 2.75) is 6.42 Å². The summed E-state index contributed by atoms with van der Waals surface area (Å²) >= 11 is 3.32. The minimum absolute atomic E-state index is 0.00139. The Morgan fingerprint density at radius 3 is 2.66 bits per heavy atom. The number of hydrogen-bond donors (Lipinski definition) is 1. The van der Waals surface area contributed by atoms with Gasteiger partial charge in [0.15, 0.2) is 6.61 Å². The third-order valence-corrected chi connectivity index (χ3v) is 4.81. The van der Waals surface area contributed by atoms with E-state index in [1.165, 1.54) is 29.2 Å². The van der Waals surface area contributed by atoms with Crippen LogP contribution in [0, 0.1) is 16.0 Å². The Bertz CT molecular complexity index is 963. The van der Waals surface area contributed by atoms with Gasteiger partial charge >= 0.3 is 5.97 Å². The van der Waals surface area contributed by atoms with E-state index in [1.54, 1.807) is 24.3 Å². The summed E-state index contributed by atoms with van der Waals surface area (Å²) < 4.78 is 5.89. The first-order chi connectivity index (χ1) is 13.8. The maximum atomic E-state index is 12.2. The number of esters is 1. The van der Waals surface area contributed by atoms with E-state index in [0.29, 0.717) is 5.69 Å². The van der Waals surface area contributed by atoms with Crippen molar-refractivity contribution in [2.75, 3.05) is 23.4 Å². The molecular formula is C19H16BrN3O6. The third kappa shape index (κ3) is 5.17. The maximum Gasteiger partial charge on any atom is 0.311 e. The van der Waals surface area contributed by atoms with E-state index in [9.17, 15) is 24.5 Å². The minimum Gasteiger partial charge on any atom is -0.455 e. The molecule has 0 bridgehead atoms. The van der Waals surface area contributed by atoms with Crippen LogP contribution in [-0.4, -0.2) is 35.9 Å². The third-order valence-electron chi connectivity index (χ3n) is 4.28. The van der Waals surface area contributed by atoms with Crippen LogP contribution >= 0.6 is 15.9 Å². The summed E-state index contributed by atoms with van der Waals surface area (Å²) in [6.45, 7) is -0.379. The summed E-state index contributed by atoms with van der Waals surface area (Å²) in [5, 5.41) is 13.2. The lowest BCUT2D eigenvalue weighted by Crippen LogP contribution is -2.28. The van der Waals surface area contributed by atoms with Gasteiger partial charge in [-0.1, -0.05) is 22.0 Å². The van der Waals surface area contributed by atoms with Crippen LogP contribution in [0.25, 0.3) is 0 Å². The van der Waals surface area contributed by atoms with Gasteiger partial charge in [0.25, 0.3) is 11.6 Å². The lowest BCUT2D eigenvalue weighted by molar-refractivity contribution is -0.384. The smallest absolute Gasteiger partial charge is 0.311 e. The molecule has 0 spiro atoms. The van der Waals surface area contributed by atoms with Gasteiger partial charge in [0.05, 0.1) is 10.8 Å². The molecule has 1 fully saturated rings. The maximum absolute atomic E-state index is 12.2. The number of non-ortho nitro benzene ring substituents is 1. The molecule has 1 aliphatic rings. The van der Waals surface area contributed by atoms with Crippen molar-refractivity contribution in [2.24, 2.45) is 5.92 Å². The molecule has 2 amide bonds. The zero-order chi connectivity index (χ0) is 21.0. The first-order valence-corrected chi connectivity index (χ1v) is 9.39. The van der Waals surface area contributed by atoms with Crippen LogP contribution in [0.4, 0.5) is 17.1 Å². The molecule has 29 heavy (non-hydrogen) atoms. The highest BCUT2D eigenvalue weighted by Gasteiger charge is 2.36. The van der Waals surface area contributed by atoms with Crippen molar-refractivity contribution in [1.82, 2.24) is 0 Å². The summed E-state index contributed by atoms with van der Waals surface area (Å²) in [4.78, 5) is 48.1. The number of nitrogens with zero attached hydrogens (tertiary/aromatic N) is 2. The number of nitrogens with one attached hydrogen (secondary N) is 1. The van der Waals surface area contributed by atoms with E-state index in [-0.39, 0.29) is 30.2 Å². The van der Waals surface area contributed by atoms with Gasteiger partial charge in [-0.3, -0.25) is 24.5 Å². The molecule has 9 nitrogen and oxygen atoms in total. The number of anilines is 2. The SMILES string of the molecule is O=C(COC(=O)[C@@H]1CC(=O)N(c2ccc(Br)cc2)C1)Nc1cccc([N+](=O)[O-])c1. The Labute approximate surface area is 173 Å². The van der Waals surface area contributed by atoms with E-state index >= 15 is 0 Å². The zero-order valence-electron chi connectivity index (χ0n) is 15.0. The number of ether oxygens (including phenoxy) is 1. The Balaban J connectivity index is 1.52. The summed E-state index contributed by atoms with van der Waals surface area (Å²) in [5.74, 6) is -2.15. The molecule has 0 unspecified atom stereocenters. The monoisotopic (exact) mass is 461 g/mol. The van der Waals surface area contributed by atoms with Gasteiger partial charge in [-0.2, -0.15) is 0 Å². The molecule has 3 rings (SSSR count). The normalized spacial score (nSPS) is 15.8. The van der Waals surface area contributed by atoms with E-state index < -0.39 is 29.3 Å². The minimum atomic E-state index is -0.670. The lowest BCUT2D eigenvalue weighted by atomic mass is 10.1. The van der Waals surface area contributed by atoms with E-state index in [2.05, 4.69) is 21.2 Å². The molecule has 2 aromatic carbocycles. The highest BCUT2D eigenvalue weighted by Crippen LogP contribution is 2.27. The number of nitro groups is 1. The van der Waals surface area contributed by atoms with Gasteiger partial charge in [0.2, 0.25) is 5.91 Å². The summed E-state index contributed by atoms with van der Waals surface area (Å²) in [6.07, 6.45) is 0.00139. The number of amides is 2. The standard InChI is InChI=1S/C19H16BrN3O6/c20-13-4-6-15(7-5-13)22-10-12(8-18(22)25)19(26)29-11-17(24)21-14-2-1-3-16(9-14)23(27)28/h1-7,9,12H,8,10-11H2,(H,21,24)/t12-/m1/s1. The summed E-state index contributed by atoms with van der Waals surface area (Å²) in [6, 6.07) is 12.5. The lowest BCUT2D eigenvalue weighted by Gasteiger charge is -2.16. The quantitative estimate of drug-likeness (QED) is 0.401. The second kappa shape index (κ2) is 8.82. The van der Waals surface area contributed by atoms with Gasteiger partial charge in [0.1, 0.15) is 0 Å². The van der Waals surface area contributed by atoms with Crippen LogP contribution < -0.4 is 10.2 Å². The second-order valence-corrected chi connectivity index (χ2v) is 7.26. The molecule has 0 saturated carbocycles. The van der Waals surface area contributed by atoms with Gasteiger partial charge in [-0.05, 0) is 30.3 Å². The van der Waals surface area contributed by atoms with E-state index in [4.69, 9.17) is 4.74 Å². The van der Waals surface area contributed by atoms with Crippen molar-refractivity contribution in [3.8, 4) is 0 Å². The Morgan fingerprint density at radius 1 is 1.24 bits per heavy atom. The van der Waals surface area contributed by atoms with Crippen LogP contribution in [0.15, 0.2) is 53.0 Å². The van der Waals surface area contributed by atoms with Crippen LogP contribution in [0.3, 0.4) is 0 Å². The van der Waals surface area contributed by atoms with Crippen LogP contribution in [0.5, 0.6) is 0 Å². The highest BCUT2D eigenvalue weighted by atomic mass is 79.9. The number of carbonyl (C=O) groups excluding carboxylic acids is 3. The van der Waals surface area contributed by atoms with Crippen molar-refractivity contribution >= 4 is 50.8 Å². The molecule has 1 aliphatic heterocycles. The number of rotatable bonds is 6. The predicted molar refractivity (Wildman–Crippen MR) is 107 cm³/mol. The van der Waals surface area contributed by atoms with E-state index in [1.807, 2.05) is 0 Å². The van der Waals surface area contributed by atoms with E-state index in [0.717, 1.165) is 4.47 Å². The predicted octanol–water partition coefficient (Wildman–Crippen LogP) is 2.89. The van der Waals surface area contributed by atoms with Crippen LogP contribution in [0.2, 0.25) is 0 Å². The fourth-order valence-electron chi connectivity index (χ4n) is 2.88. The molecule has 1 atom stereocenters. The summed E-state index contributed by atoms with van der Waals surface area (Å²) in [5.41, 5.74) is 0.729. The molecule has 0 aliphatic carbocycles. The van der Waals surface area contributed by atoms with Crippen LogP contribution in [0.1, 0.15) is 6.42 Å². The second-order valence-electron chi connectivity index (χ2n) is 6.35. The van der Waals surface area contributed by atoms with Crippen molar-refractivity contribution in [1.29, 1.82) is 0 Å². The molecule has 0 radical (unpaired) electrons. The van der Waals surface area contributed by atoms with Gasteiger partial charge in [-0.25, -0.2) is 0 Å². The zero-order valence-corrected chi connectivity index (χ0v) is 16.6. The molecule has 10 heteroatoms. The Morgan fingerprint density at radius 2 is 1.97 bits per heavy atom. The number of hydrogen-bond acceptors (Lipinski definition) is 6. The van der Waals surface area contributed by atoms with Crippen molar-refractivity contribution in [3.05, 3.63) is 63.1 Å². The highest BCUT2D eigenvalue weighted by molar-refractivity contribution is 9.10. The molecule has 150 valence electrons. The molecule has 1 heterocycles. The topological polar surface area (TPSA) is 119 Å².